The predicted octanol–water partition coefficient (Wildman–Crippen LogP) is 7.30. The quantitative estimate of drug-likeness (QED) is 0.0948. The summed E-state index contributed by atoms with van der Waals surface area (Å²) in [4.78, 5) is 24.6. The second kappa shape index (κ2) is 16.7. The van der Waals surface area contributed by atoms with Gasteiger partial charge in [0.1, 0.15) is 11.5 Å². The van der Waals surface area contributed by atoms with Crippen molar-refractivity contribution in [3.8, 4) is 34.5 Å². The molecule has 2 atom stereocenters. The number of esters is 2. The standard InChI is InChI=1S/C35H48O10/c1-13-38-25-17-18-26(28(19-25)42-23(9)44-33(36)21(5)6)35(11,12)27-20-29(39-14-2)31(40-15-3)32(41-16-4)30(27)43-24(10)45-34(37)22(7)8/h17-20,23-24H,5,7,13-16H2,1-4,6,8-12H3. The van der Waals surface area contributed by atoms with E-state index in [0.29, 0.717) is 59.7 Å². The molecule has 0 N–H and O–H groups in total. The fourth-order valence-corrected chi connectivity index (χ4v) is 4.41. The molecular formula is C35H48O10. The van der Waals surface area contributed by atoms with Gasteiger partial charge in [0.05, 0.1) is 26.4 Å². The van der Waals surface area contributed by atoms with Crippen molar-refractivity contribution in [2.45, 2.75) is 87.2 Å². The van der Waals surface area contributed by atoms with Gasteiger partial charge in [0.25, 0.3) is 0 Å². The first kappa shape index (κ1) is 36.8. The first-order valence-electron chi connectivity index (χ1n) is 15.1. The summed E-state index contributed by atoms with van der Waals surface area (Å²) in [5.74, 6) is 1.19. The van der Waals surface area contributed by atoms with E-state index < -0.39 is 29.9 Å². The Balaban J connectivity index is 2.87. The molecule has 248 valence electrons. The van der Waals surface area contributed by atoms with Crippen molar-refractivity contribution in [1.29, 1.82) is 0 Å². The number of hydrogen-bond donors (Lipinski definition) is 0. The monoisotopic (exact) mass is 628 g/mol. The summed E-state index contributed by atoms with van der Waals surface area (Å²) >= 11 is 0. The maximum absolute atomic E-state index is 12.4. The van der Waals surface area contributed by atoms with Crippen LogP contribution in [-0.2, 0) is 24.5 Å². The lowest BCUT2D eigenvalue weighted by Gasteiger charge is -2.33. The van der Waals surface area contributed by atoms with Crippen LogP contribution in [0.15, 0.2) is 48.6 Å². The van der Waals surface area contributed by atoms with E-state index in [2.05, 4.69) is 13.2 Å². The molecule has 0 spiro atoms. The van der Waals surface area contributed by atoms with Crippen LogP contribution in [0.5, 0.6) is 34.5 Å². The highest BCUT2D eigenvalue weighted by Crippen LogP contribution is 2.53. The molecule has 2 aromatic carbocycles. The topological polar surface area (TPSA) is 108 Å². The molecule has 45 heavy (non-hydrogen) atoms. The van der Waals surface area contributed by atoms with Gasteiger partial charge < -0.3 is 37.9 Å². The molecule has 0 radical (unpaired) electrons. The molecule has 0 aliphatic carbocycles. The Bertz CT molecular complexity index is 1360. The number of rotatable bonds is 18. The van der Waals surface area contributed by atoms with Gasteiger partial charge in [-0.15, -0.1) is 0 Å². The van der Waals surface area contributed by atoms with E-state index in [4.69, 9.17) is 37.9 Å². The summed E-state index contributed by atoms with van der Waals surface area (Å²) in [7, 11) is 0. The molecule has 2 unspecified atom stereocenters. The van der Waals surface area contributed by atoms with E-state index in [-0.39, 0.29) is 23.5 Å². The Labute approximate surface area is 267 Å². The maximum Gasteiger partial charge on any atom is 0.336 e. The molecule has 0 saturated carbocycles. The second-order valence-electron chi connectivity index (χ2n) is 10.7. The smallest absolute Gasteiger partial charge is 0.336 e. The van der Waals surface area contributed by atoms with Gasteiger partial charge in [-0.3, -0.25) is 0 Å². The zero-order valence-corrected chi connectivity index (χ0v) is 28.3. The van der Waals surface area contributed by atoms with E-state index in [1.807, 2.05) is 59.7 Å². The summed E-state index contributed by atoms with van der Waals surface area (Å²) in [6.45, 7) is 26.5. The fraction of sp³-hybridized carbons (Fsp3) is 0.486. The average molecular weight is 629 g/mol. The molecule has 0 fully saturated rings. The van der Waals surface area contributed by atoms with E-state index in [9.17, 15) is 9.59 Å². The molecule has 0 aliphatic rings. The number of carbonyl (C=O) groups excluding carboxylic acids is 2. The van der Waals surface area contributed by atoms with Gasteiger partial charge in [-0.05, 0) is 53.7 Å². The van der Waals surface area contributed by atoms with Crippen LogP contribution in [0.1, 0.15) is 80.4 Å². The van der Waals surface area contributed by atoms with Gasteiger partial charge >= 0.3 is 11.9 Å². The molecule has 0 saturated heterocycles. The summed E-state index contributed by atoms with van der Waals surface area (Å²) < 4.78 is 47.4. The minimum absolute atomic E-state index is 0.232. The number of ether oxygens (including phenoxy) is 8. The van der Waals surface area contributed by atoms with Crippen molar-refractivity contribution >= 4 is 11.9 Å². The first-order chi connectivity index (χ1) is 21.2. The van der Waals surface area contributed by atoms with Gasteiger partial charge in [-0.25, -0.2) is 9.59 Å². The summed E-state index contributed by atoms with van der Waals surface area (Å²) in [5, 5.41) is 0. The van der Waals surface area contributed by atoms with Crippen LogP contribution < -0.4 is 28.4 Å². The Morgan fingerprint density at radius 3 is 1.69 bits per heavy atom. The van der Waals surface area contributed by atoms with Crippen LogP contribution in [0.2, 0.25) is 0 Å². The van der Waals surface area contributed by atoms with Gasteiger partial charge in [-0.2, -0.15) is 0 Å². The predicted molar refractivity (Wildman–Crippen MR) is 172 cm³/mol. The Kier molecular flexibility index (Phi) is 13.6. The lowest BCUT2D eigenvalue weighted by atomic mass is 9.76. The molecule has 0 aliphatic heterocycles. The lowest BCUT2D eigenvalue weighted by molar-refractivity contribution is -0.157. The van der Waals surface area contributed by atoms with Crippen LogP contribution >= 0.6 is 0 Å². The molecular weight excluding hydrogens is 580 g/mol. The van der Waals surface area contributed by atoms with Crippen molar-refractivity contribution in [3.63, 3.8) is 0 Å². The molecule has 10 nitrogen and oxygen atoms in total. The minimum atomic E-state index is -1.02. The van der Waals surface area contributed by atoms with E-state index in [0.717, 1.165) is 0 Å². The Hall–Kier alpha value is -4.34. The van der Waals surface area contributed by atoms with E-state index in [1.54, 1.807) is 33.8 Å². The lowest BCUT2D eigenvalue weighted by Crippen LogP contribution is -2.27. The number of hydrogen-bond acceptors (Lipinski definition) is 10. The molecule has 0 bridgehead atoms. The number of benzene rings is 2. The second-order valence-corrected chi connectivity index (χ2v) is 10.7. The Morgan fingerprint density at radius 2 is 1.18 bits per heavy atom. The third kappa shape index (κ3) is 9.57. The summed E-state index contributed by atoms with van der Waals surface area (Å²) in [6, 6.07) is 7.27. The van der Waals surface area contributed by atoms with Crippen LogP contribution in [-0.4, -0.2) is 50.9 Å². The van der Waals surface area contributed by atoms with Gasteiger partial charge in [0, 0.05) is 47.6 Å². The SMILES string of the molecule is C=C(C)C(=O)OC(C)Oc1cc(OCC)ccc1C(C)(C)c1cc(OCC)c(OCC)c(OCC)c1OC(C)OC(=O)C(=C)C. The van der Waals surface area contributed by atoms with Gasteiger partial charge in [-0.1, -0.05) is 33.1 Å². The molecule has 2 rings (SSSR count). The van der Waals surface area contributed by atoms with Crippen molar-refractivity contribution < 1.29 is 47.5 Å². The third-order valence-electron chi connectivity index (χ3n) is 6.46. The average Bonchev–Trinajstić information content (AvgIpc) is 2.95. The van der Waals surface area contributed by atoms with Gasteiger partial charge in [0.15, 0.2) is 11.5 Å². The Morgan fingerprint density at radius 1 is 0.667 bits per heavy atom. The summed E-state index contributed by atoms with van der Waals surface area (Å²) in [5.41, 5.74) is 0.925. The van der Waals surface area contributed by atoms with Crippen LogP contribution in [0.3, 0.4) is 0 Å². The maximum atomic E-state index is 12.4. The largest absolute Gasteiger partial charge is 0.494 e. The van der Waals surface area contributed by atoms with Crippen LogP contribution in [0.25, 0.3) is 0 Å². The normalized spacial score (nSPS) is 12.3. The fourth-order valence-electron chi connectivity index (χ4n) is 4.41. The van der Waals surface area contributed by atoms with Crippen molar-refractivity contribution in [1.82, 2.24) is 0 Å². The molecule has 0 heterocycles. The van der Waals surface area contributed by atoms with Crippen molar-refractivity contribution in [2.75, 3.05) is 26.4 Å². The highest BCUT2D eigenvalue weighted by Gasteiger charge is 2.36. The third-order valence-corrected chi connectivity index (χ3v) is 6.46. The number of carbonyl (C=O) groups is 2. The van der Waals surface area contributed by atoms with Crippen molar-refractivity contribution in [2.24, 2.45) is 0 Å². The molecule has 2 aromatic rings. The molecule has 0 amide bonds. The first-order valence-corrected chi connectivity index (χ1v) is 15.1. The minimum Gasteiger partial charge on any atom is -0.494 e. The van der Waals surface area contributed by atoms with Crippen LogP contribution in [0, 0.1) is 0 Å². The van der Waals surface area contributed by atoms with Gasteiger partial charge in [0.2, 0.25) is 24.1 Å². The zero-order chi connectivity index (χ0) is 33.9. The zero-order valence-electron chi connectivity index (χ0n) is 28.3. The highest BCUT2D eigenvalue weighted by atomic mass is 16.7. The van der Waals surface area contributed by atoms with Crippen LogP contribution in [0.4, 0.5) is 0 Å². The summed E-state index contributed by atoms with van der Waals surface area (Å²) in [6.07, 6.45) is -1.97. The van der Waals surface area contributed by atoms with E-state index in [1.165, 1.54) is 0 Å². The van der Waals surface area contributed by atoms with Crippen molar-refractivity contribution in [3.05, 3.63) is 59.7 Å². The highest BCUT2D eigenvalue weighted by molar-refractivity contribution is 5.87. The van der Waals surface area contributed by atoms with E-state index >= 15 is 0 Å². The molecule has 0 aromatic heterocycles. The molecule has 10 heteroatoms.